The summed E-state index contributed by atoms with van der Waals surface area (Å²) in [5.74, 6) is 1.44. The molecule has 18 heavy (non-hydrogen) atoms. The molecule has 1 atom stereocenters. The molecule has 0 radical (unpaired) electrons. The molecule has 0 aliphatic heterocycles. The van der Waals surface area contributed by atoms with Crippen molar-refractivity contribution in [2.45, 2.75) is 25.8 Å². The second-order valence-electron chi connectivity index (χ2n) is 4.57. The molecular weight excluding hydrogens is 232 g/mol. The minimum Gasteiger partial charge on any atom is -0.383 e. The molecule has 6 nitrogen and oxygen atoms in total. The Morgan fingerprint density at radius 1 is 1.44 bits per heavy atom. The first-order valence-electron chi connectivity index (χ1n) is 6.34. The minimum absolute atomic E-state index is 0.224. The Balaban J connectivity index is 2.45. The van der Waals surface area contributed by atoms with Gasteiger partial charge in [0.05, 0.1) is 6.61 Å². The van der Waals surface area contributed by atoms with Gasteiger partial charge in [-0.1, -0.05) is 12.1 Å². The van der Waals surface area contributed by atoms with Gasteiger partial charge in [-0.05, 0) is 20.6 Å². The molecular formula is C12H24N4O2. The molecule has 0 spiro atoms. The predicted octanol–water partition coefficient (Wildman–Crippen LogP) is 0.341. The second kappa shape index (κ2) is 8.18. The average molecular weight is 256 g/mol. The first-order valence-corrected chi connectivity index (χ1v) is 6.34. The summed E-state index contributed by atoms with van der Waals surface area (Å²) in [6.45, 7) is 4.53. The standard InChI is InChI=1S/C12H24N4O2/c1-5-13-10(9-17-4)8-12-14-11(15-18-12)6-7-16(2)3/h10,13H,5-9H2,1-4H3. The number of likely N-dealkylation sites (N-methyl/N-ethyl adjacent to an activating group) is 2. The fourth-order valence-corrected chi connectivity index (χ4v) is 1.69. The van der Waals surface area contributed by atoms with E-state index in [-0.39, 0.29) is 6.04 Å². The zero-order valence-corrected chi connectivity index (χ0v) is 11.8. The molecule has 0 bridgehead atoms. The van der Waals surface area contributed by atoms with Crippen molar-refractivity contribution in [1.82, 2.24) is 20.4 Å². The van der Waals surface area contributed by atoms with Crippen molar-refractivity contribution < 1.29 is 9.26 Å². The maximum atomic E-state index is 5.24. The first kappa shape index (κ1) is 15.1. The van der Waals surface area contributed by atoms with Crippen LogP contribution in [0.1, 0.15) is 18.6 Å². The number of hydrogen-bond donors (Lipinski definition) is 1. The third kappa shape index (κ3) is 5.57. The van der Waals surface area contributed by atoms with Gasteiger partial charge >= 0.3 is 0 Å². The zero-order valence-electron chi connectivity index (χ0n) is 11.8. The molecule has 1 aromatic heterocycles. The van der Waals surface area contributed by atoms with E-state index >= 15 is 0 Å². The number of methoxy groups -OCH3 is 1. The third-order valence-corrected chi connectivity index (χ3v) is 2.57. The summed E-state index contributed by atoms with van der Waals surface area (Å²) in [6.07, 6.45) is 1.52. The highest BCUT2D eigenvalue weighted by Crippen LogP contribution is 2.03. The minimum atomic E-state index is 0.224. The fourth-order valence-electron chi connectivity index (χ4n) is 1.69. The number of hydrogen-bond acceptors (Lipinski definition) is 6. The number of nitrogens with one attached hydrogen (secondary N) is 1. The van der Waals surface area contributed by atoms with Crippen LogP contribution in [0.4, 0.5) is 0 Å². The van der Waals surface area contributed by atoms with Crippen molar-refractivity contribution in [1.29, 1.82) is 0 Å². The normalized spacial score (nSPS) is 13.2. The molecule has 6 heteroatoms. The summed E-state index contributed by atoms with van der Waals surface area (Å²) in [5.41, 5.74) is 0. The number of nitrogens with zero attached hydrogens (tertiary/aromatic N) is 3. The molecule has 0 aliphatic rings. The number of ether oxygens (including phenoxy) is 1. The summed E-state index contributed by atoms with van der Waals surface area (Å²) in [5, 5.41) is 7.31. The van der Waals surface area contributed by atoms with Crippen LogP contribution in [0.2, 0.25) is 0 Å². The lowest BCUT2D eigenvalue weighted by atomic mass is 10.2. The molecule has 0 saturated carbocycles. The van der Waals surface area contributed by atoms with Gasteiger partial charge in [-0.3, -0.25) is 0 Å². The smallest absolute Gasteiger partial charge is 0.228 e. The lowest BCUT2D eigenvalue weighted by Crippen LogP contribution is -2.35. The van der Waals surface area contributed by atoms with E-state index in [9.17, 15) is 0 Å². The van der Waals surface area contributed by atoms with Crippen molar-refractivity contribution in [2.75, 3.05) is 40.9 Å². The van der Waals surface area contributed by atoms with Crippen molar-refractivity contribution in [3.05, 3.63) is 11.7 Å². The Labute approximate surface area is 109 Å². The Bertz CT molecular complexity index is 322. The maximum Gasteiger partial charge on any atom is 0.228 e. The summed E-state index contributed by atoms with van der Waals surface area (Å²) < 4.78 is 10.4. The predicted molar refractivity (Wildman–Crippen MR) is 69.6 cm³/mol. The van der Waals surface area contributed by atoms with E-state index in [0.29, 0.717) is 18.9 Å². The van der Waals surface area contributed by atoms with E-state index < -0.39 is 0 Å². The van der Waals surface area contributed by atoms with Crippen LogP contribution < -0.4 is 5.32 Å². The van der Waals surface area contributed by atoms with Crippen LogP contribution in [0.5, 0.6) is 0 Å². The number of rotatable bonds is 9. The molecule has 0 amide bonds. The second-order valence-corrected chi connectivity index (χ2v) is 4.57. The van der Waals surface area contributed by atoms with Crippen LogP contribution in [0, 0.1) is 0 Å². The molecule has 104 valence electrons. The van der Waals surface area contributed by atoms with Crippen molar-refractivity contribution in [3.8, 4) is 0 Å². The van der Waals surface area contributed by atoms with E-state index in [1.54, 1.807) is 7.11 Å². The van der Waals surface area contributed by atoms with Gasteiger partial charge in [-0.2, -0.15) is 4.98 Å². The summed E-state index contributed by atoms with van der Waals surface area (Å²) >= 11 is 0. The third-order valence-electron chi connectivity index (χ3n) is 2.57. The molecule has 1 heterocycles. The fraction of sp³-hybridized carbons (Fsp3) is 0.833. The highest BCUT2D eigenvalue weighted by molar-refractivity contribution is 4.90. The number of aromatic nitrogens is 2. The van der Waals surface area contributed by atoms with Gasteiger partial charge in [0.25, 0.3) is 0 Å². The molecule has 0 aliphatic carbocycles. The SMILES string of the molecule is CCNC(COC)Cc1nc(CCN(C)C)no1. The Hall–Kier alpha value is -0.980. The Morgan fingerprint density at radius 3 is 2.83 bits per heavy atom. The lowest BCUT2D eigenvalue weighted by Gasteiger charge is -2.14. The maximum absolute atomic E-state index is 5.24. The Morgan fingerprint density at radius 2 is 2.22 bits per heavy atom. The molecule has 0 fully saturated rings. The van der Waals surface area contributed by atoms with Gasteiger partial charge in [-0.15, -0.1) is 0 Å². The van der Waals surface area contributed by atoms with Crippen molar-refractivity contribution in [2.24, 2.45) is 0 Å². The van der Waals surface area contributed by atoms with E-state index in [1.165, 1.54) is 0 Å². The molecule has 0 saturated heterocycles. The lowest BCUT2D eigenvalue weighted by molar-refractivity contribution is 0.162. The van der Waals surface area contributed by atoms with Gasteiger partial charge in [0.2, 0.25) is 5.89 Å². The Kier molecular flexibility index (Phi) is 6.85. The van der Waals surface area contributed by atoms with Crippen LogP contribution >= 0.6 is 0 Å². The quantitative estimate of drug-likeness (QED) is 0.687. The van der Waals surface area contributed by atoms with Gasteiger partial charge in [0.1, 0.15) is 0 Å². The van der Waals surface area contributed by atoms with Gasteiger partial charge in [0, 0.05) is 32.5 Å². The molecule has 1 N–H and O–H groups in total. The summed E-state index contributed by atoms with van der Waals surface area (Å²) in [7, 11) is 5.75. The highest BCUT2D eigenvalue weighted by Gasteiger charge is 2.13. The molecule has 1 rings (SSSR count). The largest absolute Gasteiger partial charge is 0.383 e. The van der Waals surface area contributed by atoms with E-state index in [4.69, 9.17) is 9.26 Å². The van der Waals surface area contributed by atoms with Crippen LogP contribution in [-0.4, -0.2) is 62.0 Å². The van der Waals surface area contributed by atoms with E-state index in [2.05, 4.69) is 27.3 Å². The van der Waals surface area contributed by atoms with Crippen molar-refractivity contribution >= 4 is 0 Å². The summed E-state index contributed by atoms with van der Waals surface area (Å²) in [6, 6.07) is 0.224. The summed E-state index contributed by atoms with van der Waals surface area (Å²) in [4.78, 5) is 6.49. The van der Waals surface area contributed by atoms with Crippen LogP contribution in [0.15, 0.2) is 4.52 Å². The molecule has 0 aromatic carbocycles. The highest BCUT2D eigenvalue weighted by atomic mass is 16.5. The first-order chi connectivity index (χ1) is 8.65. The van der Waals surface area contributed by atoms with Crippen LogP contribution in [-0.2, 0) is 17.6 Å². The van der Waals surface area contributed by atoms with Crippen LogP contribution in [0.25, 0.3) is 0 Å². The zero-order chi connectivity index (χ0) is 13.4. The van der Waals surface area contributed by atoms with Crippen LogP contribution in [0.3, 0.4) is 0 Å². The molecule has 1 aromatic rings. The van der Waals surface area contributed by atoms with Gasteiger partial charge in [-0.25, -0.2) is 0 Å². The topological polar surface area (TPSA) is 63.4 Å². The molecule has 1 unspecified atom stereocenters. The van der Waals surface area contributed by atoms with E-state index in [0.717, 1.165) is 25.3 Å². The van der Waals surface area contributed by atoms with E-state index in [1.807, 2.05) is 14.1 Å². The average Bonchev–Trinajstić information content (AvgIpc) is 2.75. The van der Waals surface area contributed by atoms with Gasteiger partial charge in [0.15, 0.2) is 5.82 Å². The van der Waals surface area contributed by atoms with Gasteiger partial charge < -0.3 is 19.5 Å². The monoisotopic (exact) mass is 256 g/mol. The van der Waals surface area contributed by atoms with Crippen molar-refractivity contribution in [3.63, 3.8) is 0 Å².